The van der Waals surface area contributed by atoms with Crippen molar-refractivity contribution in [1.82, 2.24) is 10.7 Å². The lowest BCUT2D eigenvalue weighted by molar-refractivity contribution is 0.114. The van der Waals surface area contributed by atoms with Crippen LogP contribution in [-0.2, 0) is 4.74 Å². The van der Waals surface area contributed by atoms with E-state index in [0.717, 1.165) is 25.0 Å². The summed E-state index contributed by atoms with van der Waals surface area (Å²) in [5.74, 6) is 1.81. The van der Waals surface area contributed by atoms with Gasteiger partial charge in [-0.15, -0.1) is 0 Å². The van der Waals surface area contributed by atoms with Crippen molar-refractivity contribution in [3.8, 4) is 17.2 Å². The molecule has 132 valence electrons. The van der Waals surface area contributed by atoms with Crippen LogP contribution in [0, 0.1) is 0 Å². The zero-order valence-electron chi connectivity index (χ0n) is 14.1. The molecule has 0 radical (unpaired) electrons. The van der Waals surface area contributed by atoms with E-state index in [1.165, 1.54) is 0 Å². The number of rotatable bonds is 7. The van der Waals surface area contributed by atoms with Crippen LogP contribution in [0.2, 0.25) is 0 Å². The maximum absolute atomic E-state index is 5.52. The molecule has 24 heavy (non-hydrogen) atoms. The van der Waals surface area contributed by atoms with Crippen LogP contribution in [0.25, 0.3) is 0 Å². The molecule has 2 N–H and O–H groups in total. The second kappa shape index (κ2) is 9.29. The zero-order chi connectivity index (χ0) is 17.4. The summed E-state index contributed by atoms with van der Waals surface area (Å²) in [7, 11) is 4.73. The molecule has 1 aromatic rings. The minimum absolute atomic E-state index is 0.222. The first kappa shape index (κ1) is 18.3. The highest BCUT2D eigenvalue weighted by molar-refractivity contribution is 7.80. The molecule has 2 rings (SSSR count). The van der Waals surface area contributed by atoms with Crippen molar-refractivity contribution < 1.29 is 18.9 Å². The van der Waals surface area contributed by atoms with Crippen molar-refractivity contribution >= 4 is 23.5 Å². The van der Waals surface area contributed by atoms with E-state index in [4.69, 9.17) is 31.2 Å². The van der Waals surface area contributed by atoms with Crippen molar-refractivity contribution in [2.24, 2.45) is 5.10 Å². The first-order chi connectivity index (χ1) is 11.7. The SMILES string of the molecule is COc1cc(OC)c(OC)cc1/C=N\NC(=S)NC[C@@H]1CCCO1. The summed E-state index contributed by atoms with van der Waals surface area (Å²) in [6.07, 6.45) is 3.99. The average molecular weight is 353 g/mol. The minimum atomic E-state index is 0.222. The molecule has 0 bridgehead atoms. The summed E-state index contributed by atoms with van der Waals surface area (Å²) in [5, 5.41) is 7.66. The summed E-state index contributed by atoms with van der Waals surface area (Å²) >= 11 is 5.19. The Balaban J connectivity index is 1.93. The van der Waals surface area contributed by atoms with Crippen LogP contribution in [0.1, 0.15) is 18.4 Å². The van der Waals surface area contributed by atoms with Gasteiger partial charge in [-0.2, -0.15) is 5.10 Å². The van der Waals surface area contributed by atoms with Gasteiger partial charge in [0.05, 0.1) is 33.6 Å². The third-order valence-electron chi connectivity index (χ3n) is 3.62. The van der Waals surface area contributed by atoms with E-state index in [1.807, 2.05) is 0 Å². The average Bonchev–Trinajstić information content (AvgIpc) is 3.13. The first-order valence-electron chi connectivity index (χ1n) is 7.66. The molecule has 0 amide bonds. The molecule has 1 atom stereocenters. The molecule has 0 spiro atoms. The van der Waals surface area contributed by atoms with Crippen LogP contribution in [0.15, 0.2) is 17.2 Å². The van der Waals surface area contributed by atoms with Crippen molar-refractivity contribution in [3.63, 3.8) is 0 Å². The van der Waals surface area contributed by atoms with Gasteiger partial charge in [0.1, 0.15) is 5.75 Å². The molecule has 1 heterocycles. The quantitative estimate of drug-likeness (QED) is 0.439. The number of hydrogen-bond acceptors (Lipinski definition) is 6. The second-order valence-corrected chi connectivity index (χ2v) is 5.57. The number of nitrogens with zero attached hydrogens (tertiary/aromatic N) is 1. The number of thiocarbonyl (C=S) groups is 1. The Kier molecular flexibility index (Phi) is 7.07. The Labute approximate surface area is 147 Å². The number of methoxy groups -OCH3 is 3. The Morgan fingerprint density at radius 2 is 1.96 bits per heavy atom. The summed E-state index contributed by atoms with van der Waals surface area (Å²) in [6.45, 7) is 1.50. The van der Waals surface area contributed by atoms with Crippen molar-refractivity contribution in [3.05, 3.63) is 17.7 Å². The van der Waals surface area contributed by atoms with Gasteiger partial charge in [0.15, 0.2) is 16.6 Å². The van der Waals surface area contributed by atoms with Crippen LogP contribution in [-0.4, -0.2) is 51.9 Å². The molecule has 1 aliphatic rings. The molecule has 1 saturated heterocycles. The summed E-state index contributed by atoms with van der Waals surface area (Å²) in [6, 6.07) is 3.53. The van der Waals surface area contributed by atoms with Gasteiger partial charge in [-0.1, -0.05) is 0 Å². The fourth-order valence-corrected chi connectivity index (χ4v) is 2.50. The Hall–Kier alpha value is -2.06. The molecule has 0 aromatic heterocycles. The number of benzene rings is 1. The van der Waals surface area contributed by atoms with E-state index in [-0.39, 0.29) is 6.10 Å². The highest BCUT2D eigenvalue weighted by Crippen LogP contribution is 2.33. The normalized spacial score (nSPS) is 16.9. The zero-order valence-corrected chi connectivity index (χ0v) is 14.9. The maximum atomic E-state index is 5.52. The summed E-state index contributed by atoms with van der Waals surface area (Å²) < 4.78 is 21.4. The van der Waals surface area contributed by atoms with Gasteiger partial charge in [0, 0.05) is 24.8 Å². The number of nitrogens with one attached hydrogen (secondary N) is 2. The first-order valence-corrected chi connectivity index (χ1v) is 8.07. The van der Waals surface area contributed by atoms with Gasteiger partial charge in [0.25, 0.3) is 0 Å². The predicted octanol–water partition coefficient (Wildman–Crippen LogP) is 1.69. The third-order valence-corrected chi connectivity index (χ3v) is 3.86. The predicted molar refractivity (Wildman–Crippen MR) is 96.4 cm³/mol. The van der Waals surface area contributed by atoms with Crippen LogP contribution in [0.5, 0.6) is 17.2 Å². The molecule has 0 unspecified atom stereocenters. The molecule has 0 aliphatic carbocycles. The van der Waals surface area contributed by atoms with E-state index >= 15 is 0 Å². The van der Waals surface area contributed by atoms with Gasteiger partial charge in [-0.25, -0.2) is 0 Å². The summed E-state index contributed by atoms with van der Waals surface area (Å²) in [4.78, 5) is 0. The molecule has 7 nitrogen and oxygen atoms in total. The van der Waals surface area contributed by atoms with Gasteiger partial charge in [-0.3, -0.25) is 5.43 Å². The number of ether oxygens (including phenoxy) is 4. The molecule has 0 saturated carbocycles. The molecule has 1 aliphatic heterocycles. The highest BCUT2D eigenvalue weighted by atomic mass is 32.1. The van der Waals surface area contributed by atoms with Gasteiger partial charge < -0.3 is 24.3 Å². The fourth-order valence-electron chi connectivity index (χ4n) is 2.37. The second-order valence-electron chi connectivity index (χ2n) is 5.16. The van der Waals surface area contributed by atoms with Crippen LogP contribution in [0.3, 0.4) is 0 Å². The smallest absolute Gasteiger partial charge is 0.187 e. The lowest BCUT2D eigenvalue weighted by atomic mass is 10.2. The van der Waals surface area contributed by atoms with E-state index < -0.39 is 0 Å². The van der Waals surface area contributed by atoms with E-state index in [1.54, 1.807) is 39.7 Å². The van der Waals surface area contributed by atoms with E-state index in [9.17, 15) is 0 Å². The van der Waals surface area contributed by atoms with E-state index in [2.05, 4.69) is 15.8 Å². The molecular weight excluding hydrogens is 330 g/mol. The monoisotopic (exact) mass is 353 g/mol. The lowest BCUT2D eigenvalue weighted by Gasteiger charge is -2.13. The third kappa shape index (κ3) is 4.97. The Bertz CT molecular complexity index is 589. The van der Waals surface area contributed by atoms with Crippen LogP contribution >= 0.6 is 12.2 Å². The maximum Gasteiger partial charge on any atom is 0.187 e. The Morgan fingerprint density at radius 3 is 2.58 bits per heavy atom. The minimum Gasteiger partial charge on any atom is -0.496 e. The topological polar surface area (TPSA) is 73.3 Å². The van der Waals surface area contributed by atoms with Crippen molar-refractivity contribution in [2.45, 2.75) is 18.9 Å². The molecule has 1 fully saturated rings. The van der Waals surface area contributed by atoms with Crippen molar-refractivity contribution in [1.29, 1.82) is 0 Å². The highest BCUT2D eigenvalue weighted by Gasteiger charge is 2.15. The molecular formula is C16H23N3O4S. The van der Waals surface area contributed by atoms with Gasteiger partial charge in [-0.05, 0) is 31.1 Å². The van der Waals surface area contributed by atoms with Crippen LogP contribution < -0.4 is 25.0 Å². The molecule has 8 heteroatoms. The number of hydrogen-bond donors (Lipinski definition) is 2. The standard InChI is InChI=1S/C16H23N3O4S/c1-20-13-8-15(22-3)14(21-2)7-11(13)9-18-19-16(24)17-10-12-5-4-6-23-12/h7-9,12H,4-6,10H2,1-3H3,(H2,17,19,24)/b18-9-/t12-/m0/s1. The lowest BCUT2D eigenvalue weighted by Crippen LogP contribution is -2.37. The van der Waals surface area contributed by atoms with Gasteiger partial charge >= 0.3 is 0 Å². The van der Waals surface area contributed by atoms with Crippen LogP contribution in [0.4, 0.5) is 0 Å². The molecule has 1 aromatic carbocycles. The van der Waals surface area contributed by atoms with E-state index in [0.29, 0.717) is 28.9 Å². The van der Waals surface area contributed by atoms with Gasteiger partial charge in [0.2, 0.25) is 0 Å². The fraction of sp³-hybridized carbons (Fsp3) is 0.500. The summed E-state index contributed by atoms with van der Waals surface area (Å²) in [5.41, 5.74) is 3.52. The largest absolute Gasteiger partial charge is 0.496 e. The Morgan fingerprint density at radius 1 is 1.25 bits per heavy atom. The van der Waals surface area contributed by atoms with Crippen molar-refractivity contribution in [2.75, 3.05) is 34.5 Å². The number of hydrazone groups is 1.